The van der Waals surface area contributed by atoms with Gasteiger partial charge in [-0.1, -0.05) is 23.5 Å². The number of nitrogens with zero attached hydrogens (tertiary/aromatic N) is 1. The molecule has 4 heteroatoms. The quantitative estimate of drug-likeness (QED) is 0.803. The van der Waals surface area contributed by atoms with Crippen LogP contribution in [0.15, 0.2) is 18.2 Å². The van der Waals surface area contributed by atoms with Crippen LogP contribution >= 0.6 is 0 Å². The van der Waals surface area contributed by atoms with E-state index in [4.69, 9.17) is 5.11 Å². The van der Waals surface area contributed by atoms with Gasteiger partial charge >= 0.3 is 0 Å². The number of aliphatic hydroxyl groups excluding tert-OH is 2. The van der Waals surface area contributed by atoms with Gasteiger partial charge in [0, 0.05) is 25.3 Å². The topological polar surface area (TPSA) is 60.8 Å². The van der Waals surface area contributed by atoms with Gasteiger partial charge in [-0.05, 0) is 37.8 Å². The van der Waals surface area contributed by atoms with E-state index in [1.807, 2.05) is 25.1 Å². The maximum absolute atomic E-state index is 12.7. The van der Waals surface area contributed by atoms with Gasteiger partial charge < -0.3 is 15.1 Å². The standard InChI is InChI=1S/C17H21NO3/c1-13-6-7-15(5-3-9-19)16(10-13)17(21)18-8-2-4-14(11-18)12-20/h6-7,10,14,19-20H,2,4,8-9,11-12H2,1H3. The first kappa shape index (κ1) is 15.6. The Balaban J connectivity index is 2.27. The van der Waals surface area contributed by atoms with Crippen LogP contribution in [0.1, 0.15) is 34.3 Å². The van der Waals surface area contributed by atoms with Crippen LogP contribution in [0.2, 0.25) is 0 Å². The second-order valence-corrected chi connectivity index (χ2v) is 5.45. The van der Waals surface area contributed by atoms with E-state index in [2.05, 4.69) is 11.8 Å². The van der Waals surface area contributed by atoms with E-state index >= 15 is 0 Å². The number of aryl methyl sites for hydroxylation is 1. The smallest absolute Gasteiger partial charge is 0.255 e. The fraction of sp³-hybridized carbons (Fsp3) is 0.471. The molecule has 0 aliphatic carbocycles. The number of likely N-dealkylation sites (tertiary alicyclic amines) is 1. The summed E-state index contributed by atoms with van der Waals surface area (Å²) in [6.07, 6.45) is 1.88. The summed E-state index contributed by atoms with van der Waals surface area (Å²) in [6, 6.07) is 5.57. The van der Waals surface area contributed by atoms with Crippen LogP contribution in [-0.4, -0.2) is 47.3 Å². The molecule has 1 aliphatic rings. The lowest BCUT2D eigenvalue weighted by Crippen LogP contribution is -2.41. The Kier molecular flexibility index (Phi) is 5.38. The molecule has 0 aromatic heterocycles. The van der Waals surface area contributed by atoms with Crippen molar-refractivity contribution in [1.29, 1.82) is 0 Å². The second kappa shape index (κ2) is 7.26. The Morgan fingerprint density at radius 1 is 1.43 bits per heavy atom. The number of carbonyl (C=O) groups is 1. The van der Waals surface area contributed by atoms with Gasteiger partial charge in [0.2, 0.25) is 0 Å². The minimum atomic E-state index is -0.224. The van der Waals surface area contributed by atoms with Gasteiger partial charge in [-0.3, -0.25) is 4.79 Å². The minimum Gasteiger partial charge on any atom is -0.396 e. The Hall–Kier alpha value is -1.83. The number of hydrogen-bond acceptors (Lipinski definition) is 3. The van der Waals surface area contributed by atoms with Crippen molar-refractivity contribution in [2.75, 3.05) is 26.3 Å². The minimum absolute atomic E-state index is 0.0425. The number of piperidine rings is 1. The number of hydrogen-bond donors (Lipinski definition) is 2. The first-order valence-corrected chi connectivity index (χ1v) is 7.26. The molecule has 1 aromatic rings. The van der Waals surface area contributed by atoms with E-state index in [-0.39, 0.29) is 25.0 Å². The summed E-state index contributed by atoms with van der Waals surface area (Å²) < 4.78 is 0. The third kappa shape index (κ3) is 3.84. The molecule has 4 nitrogen and oxygen atoms in total. The van der Waals surface area contributed by atoms with Crippen molar-refractivity contribution in [3.63, 3.8) is 0 Å². The molecule has 0 bridgehead atoms. The van der Waals surface area contributed by atoms with E-state index in [1.54, 1.807) is 4.90 Å². The molecule has 1 aromatic carbocycles. The van der Waals surface area contributed by atoms with Gasteiger partial charge in [0.15, 0.2) is 0 Å². The Morgan fingerprint density at radius 2 is 2.24 bits per heavy atom. The highest BCUT2D eigenvalue weighted by atomic mass is 16.3. The van der Waals surface area contributed by atoms with Gasteiger partial charge in [0.05, 0.1) is 5.56 Å². The summed E-state index contributed by atoms with van der Waals surface area (Å²) in [6.45, 7) is 3.14. The Morgan fingerprint density at radius 3 is 2.95 bits per heavy atom. The van der Waals surface area contributed by atoms with Crippen LogP contribution < -0.4 is 0 Å². The number of aliphatic hydroxyl groups is 2. The predicted molar refractivity (Wildman–Crippen MR) is 80.9 cm³/mol. The van der Waals surface area contributed by atoms with Gasteiger partial charge in [-0.25, -0.2) is 0 Å². The van der Waals surface area contributed by atoms with Crippen molar-refractivity contribution in [1.82, 2.24) is 4.90 Å². The molecule has 0 saturated carbocycles. The molecular formula is C17H21NO3. The average Bonchev–Trinajstić information content (AvgIpc) is 2.53. The van der Waals surface area contributed by atoms with Gasteiger partial charge in [0.25, 0.3) is 5.91 Å². The fourth-order valence-electron chi connectivity index (χ4n) is 2.65. The van der Waals surface area contributed by atoms with Crippen LogP contribution in [0.5, 0.6) is 0 Å². The van der Waals surface area contributed by atoms with Crippen molar-refractivity contribution < 1.29 is 15.0 Å². The van der Waals surface area contributed by atoms with E-state index in [0.29, 0.717) is 17.7 Å². The van der Waals surface area contributed by atoms with Crippen molar-refractivity contribution in [2.45, 2.75) is 19.8 Å². The molecule has 1 atom stereocenters. The lowest BCUT2D eigenvalue weighted by atomic mass is 9.97. The third-order valence-corrected chi connectivity index (χ3v) is 3.77. The Bertz CT molecular complexity index is 571. The Labute approximate surface area is 125 Å². The summed E-state index contributed by atoms with van der Waals surface area (Å²) in [7, 11) is 0. The number of benzene rings is 1. The lowest BCUT2D eigenvalue weighted by Gasteiger charge is -2.32. The molecule has 1 heterocycles. The monoisotopic (exact) mass is 287 g/mol. The molecular weight excluding hydrogens is 266 g/mol. The maximum Gasteiger partial charge on any atom is 0.255 e. The maximum atomic E-state index is 12.7. The molecule has 1 saturated heterocycles. The molecule has 2 N–H and O–H groups in total. The zero-order valence-corrected chi connectivity index (χ0v) is 12.3. The fourth-order valence-corrected chi connectivity index (χ4v) is 2.65. The summed E-state index contributed by atoms with van der Waals surface area (Å²) in [5.74, 6) is 5.56. The van der Waals surface area contributed by atoms with Crippen molar-refractivity contribution in [2.24, 2.45) is 5.92 Å². The SMILES string of the molecule is Cc1ccc(C#CCO)c(C(=O)N2CCCC(CO)C2)c1. The lowest BCUT2D eigenvalue weighted by molar-refractivity contribution is 0.0620. The molecule has 1 aliphatic heterocycles. The second-order valence-electron chi connectivity index (χ2n) is 5.45. The van der Waals surface area contributed by atoms with Gasteiger partial charge in [-0.2, -0.15) is 0 Å². The summed E-state index contributed by atoms with van der Waals surface area (Å²) in [5, 5.41) is 18.1. The molecule has 2 rings (SSSR count). The number of amides is 1. The summed E-state index contributed by atoms with van der Waals surface area (Å²) in [4.78, 5) is 14.5. The molecule has 1 fully saturated rings. The third-order valence-electron chi connectivity index (χ3n) is 3.77. The molecule has 21 heavy (non-hydrogen) atoms. The van der Waals surface area contributed by atoms with Crippen molar-refractivity contribution in [3.05, 3.63) is 34.9 Å². The summed E-state index contributed by atoms with van der Waals surface area (Å²) in [5.41, 5.74) is 2.23. The highest BCUT2D eigenvalue weighted by Crippen LogP contribution is 2.20. The number of carbonyl (C=O) groups excluding carboxylic acids is 1. The van der Waals surface area contributed by atoms with Crippen LogP contribution in [-0.2, 0) is 0 Å². The predicted octanol–water partition coefficient (Wildman–Crippen LogP) is 1.18. The first-order chi connectivity index (χ1) is 10.2. The molecule has 112 valence electrons. The molecule has 0 spiro atoms. The number of rotatable bonds is 2. The summed E-state index contributed by atoms with van der Waals surface area (Å²) >= 11 is 0. The van der Waals surface area contributed by atoms with E-state index in [9.17, 15) is 9.90 Å². The normalized spacial score (nSPS) is 18.0. The van der Waals surface area contributed by atoms with Gasteiger partial charge in [0.1, 0.15) is 6.61 Å². The largest absolute Gasteiger partial charge is 0.396 e. The van der Waals surface area contributed by atoms with Crippen LogP contribution in [0, 0.1) is 24.7 Å². The van der Waals surface area contributed by atoms with E-state index in [0.717, 1.165) is 24.9 Å². The zero-order valence-electron chi connectivity index (χ0n) is 12.3. The highest BCUT2D eigenvalue weighted by molar-refractivity contribution is 5.97. The van der Waals surface area contributed by atoms with Crippen LogP contribution in [0.25, 0.3) is 0 Å². The molecule has 1 unspecified atom stereocenters. The highest BCUT2D eigenvalue weighted by Gasteiger charge is 2.25. The van der Waals surface area contributed by atoms with Crippen LogP contribution in [0.3, 0.4) is 0 Å². The van der Waals surface area contributed by atoms with Crippen LogP contribution in [0.4, 0.5) is 0 Å². The molecule has 1 amide bonds. The zero-order chi connectivity index (χ0) is 15.2. The first-order valence-electron chi connectivity index (χ1n) is 7.26. The van der Waals surface area contributed by atoms with Crippen molar-refractivity contribution >= 4 is 5.91 Å². The van der Waals surface area contributed by atoms with Crippen molar-refractivity contribution in [3.8, 4) is 11.8 Å². The van der Waals surface area contributed by atoms with E-state index < -0.39 is 0 Å². The van der Waals surface area contributed by atoms with Gasteiger partial charge in [-0.15, -0.1) is 0 Å². The molecule has 0 radical (unpaired) electrons. The average molecular weight is 287 g/mol. The van der Waals surface area contributed by atoms with E-state index in [1.165, 1.54) is 0 Å².